The van der Waals surface area contributed by atoms with Crippen LogP contribution in [0.4, 0.5) is 5.69 Å². The predicted octanol–water partition coefficient (Wildman–Crippen LogP) is 1.52. The third kappa shape index (κ3) is 5.84. The van der Waals surface area contributed by atoms with E-state index in [4.69, 9.17) is 5.14 Å². The number of aromatic nitrogens is 1. The average molecular weight is 362 g/mol. The summed E-state index contributed by atoms with van der Waals surface area (Å²) in [5.74, 6) is -0.207. The molecule has 4 N–H and O–H groups in total. The van der Waals surface area contributed by atoms with Gasteiger partial charge in [0.05, 0.1) is 16.1 Å². The smallest absolute Gasteiger partial charge is 0.252 e. The summed E-state index contributed by atoms with van der Waals surface area (Å²) in [5, 5.41) is 11.1. The number of nitrogens with one attached hydrogen (secondary N) is 2. The molecule has 7 nitrogen and oxygen atoms in total. The van der Waals surface area contributed by atoms with Crippen molar-refractivity contribution in [2.45, 2.75) is 31.2 Å². The minimum absolute atomic E-state index is 0.0702. The highest BCUT2D eigenvalue weighted by atomic mass is 32.2. The van der Waals surface area contributed by atoms with E-state index in [1.165, 1.54) is 18.3 Å². The van der Waals surface area contributed by atoms with E-state index in [1.54, 1.807) is 24.4 Å². The number of nitrogens with zero attached hydrogens (tertiary/aromatic N) is 1. The lowest BCUT2D eigenvalue weighted by Gasteiger charge is -2.11. The van der Waals surface area contributed by atoms with Crippen molar-refractivity contribution in [3.8, 4) is 0 Å². The van der Waals surface area contributed by atoms with Crippen LogP contribution in [-0.4, -0.2) is 31.9 Å². The Kier molecular flexibility index (Phi) is 6.11. The molecule has 0 unspecified atom stereocenters. The second-order valence-corrected chi connectivity index (χ2v) is 7.52. The van der Waals surface area contributed by atoms with Crippen LogP contribution in [0.5, 0.6) is 0 Å². The second kappa shape index (κ2) is 8.09. The van der Waals surface area contributed by atoms with Crippen LogP contribution < -0.4 is 15.8 Å². The summed E-state index contributed by atoms with van der Waals surface area (Å²) in [4.78, 5) is 16.3. The van der Waals surface area contributed by atoms with Crippen LogP contribution in [-0.2, 0) is 16.4 Å². The van der Waals surface area contributed by atoms with Crippen LogP contribution in [0.3, 0.4) is 0 Å². The molecule has 0 bridgehead atoms. The van der Waals surface area contributed by atoms with Gasteiger partial charge in [0.1, 0.15) is 0 Å². The van der Waals surface area contributed by atoms with E-state index < -0.39 is 10.0 Å². The van der Waals surface area contributed by atoms with E-state index in [0.29, 0.717) is 18.5 Å². The summed E-state index contributed by atoms with van der Waals surface area (Å²) in [6.07, 6.45) is 3.76. The van der Waals surface area contributed by atoms with Gasteiger partial charge in [0.25, 0.3) is 5.91 Å². The number of carbonyl (C=O) groups is 1. The number of sulfonamides is 1. The molecular weight excluding hydrogens is 340 g/mol. The van der Waals surface area contributed by atoms with Gasteiger partial charge >= 0.3 is 0 Å². The number of anilines is 1. The number of hydrogen-bond donors (Lipinski definition) is 3. The standard InChI is InChI=1S/C17H22N4O3S/c1-12(2)21-15-9-14(10-19-11-15)17(22)20-8-7-13-3-5-16(6-4-13)25(18,23)24/h3-6,9-12,21H,7-8H2,1-2H3,(H,20,22)(H2,18,23,24). The maximum atomic E-state index is 12.2. The Labute approximate surface area is 147 Å². The van der Waals surface area contributed by atoms with Crippen LogP contribution in [0.25, 0.3) is 0 Å². The van der Waals surface area contributed by atoms with Gasteiger partial charge in [0, 0.05) is 25.0 Å². The number of primary sulfonamides is 1. The molecule has 134 valence electrons. The van der Waals surface area contributed by atoms with Crippen molar-refractivity contribution >= 4 is 21.6 Å². The highest BCUT2D eigenvalue weighted by Gasteiger charge is 2.09. The van der Waals surface area contributed by atoms with E-state index in [2.05, 4.69) is 15.6 Å². The lowest BCUT2D eigenvalue weighted by atomic mass is 10.1. The van der Waals surface area contributed by atoms with Crippen molar-refractivity contribution < 1.29 is 13.2 Å². The second-order valence-electron chi connectivity index (χ2n) is 5.96. The molecule has 25 heavy (non-hydrogen) atoms. The number of carbonyl (C=O) groups excluding carboxylic acids is 1. The van der Waals surface area contributed by atoms with Crippen molar-refractivity contribution in [1.29, 1.82) is 0 Å². The van der Waals surface area contributed by atoms with Crippen LogP contribution >= 0.6 is 0 Å². The van der Waals surface area contributed by atoms with Crippen molar-refractivity contribution in [2.75, 3.05) is 11.9 Å². The Balaban J connectivity index is 1.90. The Morgan fingerprint density at radius 2 is 1.88 bits per heavy atom. The summed E-state index contributed by atoms with van der Waals surface area (Å²) in [6.45, 7) is 4.44. The first-order valence-corrected chi connectivity index (χ1v) is 9.42. The maximum absolute atomic E-state index is 12.2. The largest absolute Gasteiger partial charge is 0.382 e. The molecule has 1 aromatic carbocycles. The van der Waals surface area contributed by atoms with Gasteiger partial charge in [0.15, 0.2) is 0 Å². The van der Waals surface area contributed by atoms with Crippen LogP contribution in [0, 0.1) is 0 Å². The highest BCUT2D eigenvalue weighted by Crippen LogP contribution is 2.11. The fourth-order valence-electron chi connectivity index (χ4n) is 2.24. The zero-order chi connectivity index (χ0) is 18.4. The minimum Gasteiger partial charge on any atom is -0.382 e. The van der Waals surface area contributed by atoms with Crippen molar-refractivity contribution in [2.24, 2.45) is 5.14 Å². The van der Waals surface area contributed by atoms with Gasteiger partial charge in [-0.05, 0) is 44.0 Å². The third-order valence-electron chi connectivity index (χ3n) is 3.41. The lowest BCUT2D eigenvalue weighted by Crippen LogP contribution is -2.26. The van der Waals surface area contributed by atoms with Gasteiger partial charge in [-0.25, -0.2) is 13.6 Å². The Morgan fingerprint density at radius 1 is 1.20 bits per heavy atom. The number of nitrogens with two attached hydrogens (primary N) is 1. The first kappa shape index (κ1) is 18.9. The first-order chi connectivity index (χ1) is 11.8. The van der Waals surface area contributed by atoms with E-state index in [-0.39, 0.29) is 16.8 Å². The molecule has 0 fully saturated rings. The van der Waals surface area contributed by atoms with Gasteiger partial charge in [0.2, 0.25) is 10.0 Å². The maximum Gasteiger partial charge on any atom is 0.252 e. The summed E-state index contributed by atoms with van der Waals surface area (Å²) in [6, 6.07) is 8.28. The van der Waals surface area contributed by atoms with Gasteiger partial charge < -0.3 is 10.6 Å². The van der Waals surface area contributed by atoms with Crippen LogP contribution in [0.15, 0.2) is 47.6 Å². The zero-order valence-corrected chi connectivity index (χ0v) is 15.0. The number of rotatable bonds is 7. The molecule has 0 aliphatic heterocycles. The van der Waals surface area contributed by atoms with Gasteiger partial charge in [-0.2, -0.15) is 0 Å². The number of pyridine rings is 1. The topological polar surface area (TPSA) is 114 Å². The molecule has 1 heterocycles. The normalized spacial score (nSPS) is 11.4. The molecule has 0 saturated heterocycles. The zero-order valence-electron chi connectivity index (χ0n) is 14.2. The molecule has 0 radical (unpaired) electrons. The number of amides is 1. The molecule has 0 saturated carbocycles. The van der Waals surface area contributed by atoms with Crippen molar-refractivity contribution in [3.05, 3.63) is 53.9 Å². The van der Waals surface area contributed by atoms with Crippen LogP contribution in [0.1, 0.15) is 29.8 Å². The summed E-state index contributed by atoms with van der Waals surface area (Å²) >= 11 is 0. The fourth-order valence-corrected chi connectivity index (χ4v) is 2.76. The summed E-state index contributed by atoms with van der Waals surface area (Å²) in [5.41, 5.74) is 2.18. The Bertz CT molecular complexity index is 833. The van der Waals surface area contributed by atoms with Crippen LogP contribution in [0.2, 0.25) is 0 Å². The van der Waals surface area contributed by atoms with E-state index in [0.717, 1.165) is 11.3 Å². The average Bonchev–Trinajstić information content (AvgIpc) is 2.54. The van der Waals surface area contributed by atoms with Gasteiger partial charge in [-0.3, -0.25) is 9.78 Å². The lowest BCUT2D eigenvalue weighted by molar-refractivity contribution is 0.0954. The summed E-state index contributed by atoms with van der Waals surface area (Å²) in [7, 11) is -3.69. The van der Waals surface area contributed by atoms with E-state index >= 15 is 0 Å². The molecule has 2 rings (SSSR count). The van der Waals surface area contributed by atoms with Crippen molar-refractivity contribution in [1.82, 2.24) is 10.3 Å². The molecule has 1 aromatic heterocycles. The van der Waals surface area contributed by atoms with E-state index in [9.17, 15) is 13.2 Å². The molecule has 8 heteroatoms. The Morgan fingerprint density at radius 3 is 2.48 bits per heavy atom. The van der Waals surface area contributed by atoms with Crippen molar-refractivity contribution in [3.63, 3.8) is 0 Å². The number of benzene rings is 1. The summed E-state index contributed by atoms with van der Waals surface area (Å²) < 4.78 is 22.4. The van der Waals surface area contributed by atoms with Gasteiger partial charge in [-0.15, -0.1) is 0 Å². The minimum atomic E-state index is -3.69. The monoisotopic (exact) mass is 362 g/mol. The Hall–Kier alpha value is -2.45. The third-order valence-corrected chi connectivity index (χ3v) is 4.34. The quantitative estimate of drug-likeness (QED) is 0.691. The molecule has 0 spiro atoms. The molecule has 2 aromatic rings. The molecule has 0 aliphatic rings. The highest BCUT2D eigenvalue weighted by molar-refractivity contribution is 7.89. The molecular formula is C17H22N4O3S. The fraction of sp³-hybridized carbons (Fsp3) is 0.294. The molecule has 0 aliphatic carbocycles. The molecule has 1 amide bonds. The van der Waals surface area contributed by atoms with Gasteiger partial charge in [-0.1, -0.05) is 12.1 Å². The predicted molar refractivity (Wildman–Crippen MR) is 96.8 cm³/mol. The molecule has 0 atom stereocenters. The van der Waals surface area contributed by atoms with E-state index in [1.807, 2.05) is 13.8 Å². The first-order valence-electron chi connectivity index (χ1n) is 7.87. The number of hydrogen-bond acceptors (Lipinski definition) is 5. The SMILES string of the molecule is CC(C)Nc1cncc(C(=O)NCCc2ccc(S(N)(=O)=O)cc2)c1.